The second kappa shape index (κ2) is 6.22. The van der Waals surface area contributed by atoms with E-state index >= 15 is 0 Å². The molecule has 2 aromatic rings. The first kappa shape index (κ1) is 15.7. The van der Waals surface area contributed by atoms with Gasteiger partial charge in [0.25, 0.3) is 5.91 Å². The number of aromatic nitrogens is 1. The average Bonchev–Trinajstić information content (AvgIpc) is 3.19. The van der Waals surface area contributed by atoms with Gasteiger partial charge < -0.3 is 14.6 Å². The first-order valence-electron chi connectivity index (χ1n) is 8.90. The highest BCUT2D eigenvalue weighted by Crippen LogP contribution is 2.26. The molecule has 0 unspecified atom stereocenters. The third-order valence-electron chi connectivity index (χ3n) is 5.64. The highest BCUT2D eigenvalue weighted by molar-refractivity contribution is 6.07. The number of aliphatic hydroxyl groups excluding tert-OH is 1. The van der Waals surface area contributed by atoms with E-state index in [1.807, 2.05) is 47.0 Å². The van der Waals surface area contributed by atoms with Crippen molar-refractivity contribution in [2.45, 2.75) is 31.4 Å². The molecular weight excluding hydrogens is 302 g/mol. The Morgan fingerprint density at radius 2 is 1.88 bits per heavy atom. The Bertz CT molecular complexity index is 746. The maximum Gasteiger partial charge on any atom is 0.256 e. The number of carbonyl (C=O) groups excluding carboxylic acids is 1. The lowest BCUT2D eigenvalue weighted by molar-refractivity contribution is 0.0316. The van der Waals surface area contributed by atoms with Crippen molar-refractivity contribution in [2.24, 2.45) is 7.05 Å². The van der Waals surface area contributed by atoms with E-state index < -0.39 is 0 Å². The highest BCUT2D eigenvalue weighted by Gasteiger charge is 2.33. The van der Waals surface area contributed by atoms with Gasteiger partial charge in [-0.2, -0.15) is 0 Å². The molecule has 1 aliphatic carbocycles. The molecule has 2 fully saturated rings. The van der Waals surface area contributed by atoms with Crippen LogP contribution in [0.2, 0.25) is 0 Å². The minimum absolute atomic E-state index is 0.124. The molecule has 1 amide bonds. The number of hydrogen-bond donors (Lipinski definition) is 1. The molecule has 1 aliphatic heterocycles. The van der Waals surface area contributed by atoms with Gasteiger partial charge in [-0.05, 0) is 25.3 Å². The van der Waals surface area contributed by atoms with Crippen molar-refractivity contribution < 1.29 is 9.90 Å². The Kier molecular flexibility index (Phi) is 4.06. The number of fused-ring (bicyclic) bond motifs is 1. The predicted octanol–water partition coefficient (Wildman–Crippen LogP) is 1.85. The van der Waals surface area contributed by atoms with Crippen LogP contribution in [-0.2, 0) is 7.05 Å². The zero-order valence-electron chi connectivity index (χ0n) is 14.2. The van der Waals surface area contributed by atoms with Crippen LogP contribution in [0.5, 0.6) is 0 Å². The van der Waals surface area contributed by atoms with Crippen LogP contribution in [0.25, 0.3) is 10.9 Å². The van der Waals surface area contributed by atoms with E-state index in [2.05, 4.69) is 4.90 Å². The van der Waals surface area contributed by atoms with Gasteiger partial charge in [-0.1, -0.05) is 18.2 Å². The molecule has 5 heteroatoms. The summed E-state index contributed by atoms with van der Waals surface area (Å²) in [4.78, 5) is 17.3. The fraction of sp³-hybridized carbons (Fsp3) is 0.526. The molecule has 0 radical (unpaired) electrons. The summed E-state index contributed by atoms with van der Waals surface area (Å²) in [5.41, 5.74) is 1.89. The second-order valence-electron chi connectivity index (χ2n) is 7.06. The molecule has 24 heavy (non-hydrogen) atoms. The SMILES string of the molecule is Cn1cc(C(=O)N2CCN([C@H]3CCC[C@@H]3O)CC2)c2ccccc21. The van der Waals surface area contributed by atoms with Crippen molar-refractivity contribution >= 4 is 16.8 Å². The van der Waals surface area contributed by atoms with Gasteiger partial charge in [0.2, 0.25) is 0 Å². The highest BCUT2D eigenvalue weighted by atomic mass is 16.3. The van der Waals surface area contributed by atoms with Crippen molar-refractivity contribution in [2.75, 3.05) is 26.2 Å². The Balaban J connectivity index is 1.48. The van der Waals surface area contributed by atoms with Gasteiger partial charge in [0.15, 0.2) is 0 Å². The number of nitrogens with zero attached hydrogens (tertiary/aromatic N) is 3. The molecule has 2 atom stereocenters. The van der Waals surface area contributed by atoms with Crippen molar-refractivity contribution in [1.29, 1.82) is 0 Å². The molecule has 1 aromatic carbocycles. The van der Waals surface area contributed by atoms with Gasteiger partial charge in [0, 0.05) is 56.4 Å². The summed E-state index contributed by atoms with van der Waals surface area (Å²) in [7, 11) is 1.98. The monoisotopic (exact) mass is 327 g/mol. The number of carbonyl (C=O) groups is 1. The fourth-order valence-electron chi connectivity index (χ4n) is 4.29. The summed E-state index contributed by atoms with van der Waals surface area (Å²) in [6, 6.07) is 8.35. The molecule has 5 nitrogen and oxygen atoms in total. The lowest BCUT2D eigenvalue weighted by Gasteiger charge is -2.39. The lowest BCUT2D eigenvalue weighted by atomic mass is 10.1. The van der Waals surface area contributed by atoms with Crippen LogP contribution < -0.4 is 0 Å². The Morgan fingerprint density at radius 1 is 1.12 bits per heavy atom. The largest absolute Gasteiger partial charge is 0.391 e. The van der Waals surface area contributed by atoms with E-state index in [1.54, 1.807) is 0 Å². The number of amides is 1. The fourth-order valence-corrected chi connectivity index (χ4v) is 4.29. The second-order valence-corrected chi connectivity index (χ2v) is 7.06. The molecular formula is C19H25N3O2. The number of para-hydroxylation sites is 1. The summed E-state index contributed by atoms with van der Waals surface area (Å²) in [6.45, 7) is 3.20. The summed E-state index contributed by atoms with van der Waals surface area (Å²) >= 11 is 0. The van der Waals surface area contributed by atoms with Gasteiger partial charge >= 0.3 is 0 Å². The van der Waals surface area contributed by atoms with Crippen molar-refractivity contribution in [3.05, 3.63) is 36.0 Å². The zero-order valence-corrected chi connectivity index (χ0v) is 14.2. The normalized spacial score (nSPS) is 25.5. The molecule has 2 heterocycles. The van der Waals surface area contributed by atoms with Crippen LogP contribution in [0, 0.1) is 0 Å². The van der Waals surface area contributed by atoms with E-state index in [4.69, 9.17) is 0 Å². The zero-order chi connectivity index (χ0) is 16.7. The molecule has 4 rings (SSSR count). The van der Waals surface area contributed by atoms with Crippen molar-refractivity contribution in [1.82, 2.24) is 14.4 Å². The van der Waals surface area contributed by atoms with E-state index in [0.717, 1.165) is 61.9 Å². The lowest BCUT2D eigenvalue weighted by Crippen LogP contribution is -2.53. The third kappa shape index (κ3) is 2.62. The number of aliphatic hydroxyl groups is 1. The Labute approximate surface area is 142 Å². The predicted molar refractivity (Wildman–Crippen MR) is 94.0 cm³/mol. The van der Waals surface area contributed by atoms with E-state index in [9.17, 15) is 9.90 Å². The molecule has 2 aliphatic rings. The number of hydrogen-bond acceptors (Lipinski definition) is 3. The molecule has 0 spiro atoms. The number of rotatable bonds is 2. The van der Waals surface area contributed by atoms with Gasteiger partial charge in [-0.3, -0.25) is 9.69 Å². The van der Waals surface area contributed by atoms with Crippen LogP contribution >= 0.6 is 0 Å². The van der Waals surface area contributed by atoms with Crippen LogP contribution in [-0.4, -0.2) is 63.7 Å². The molecule has 1 aromatic heterocycles. The summed E-state index contributed by atoms with van der Waals surface area (Å²) in [5, 5.41) is 11.1. The standard InChI is InChI=1S/C19H25N3O2/c1-20-13-15(14-5-2-3-6-16(14)20)19(24)22-11-9-21(10-12-22)17-7-4-8-18(17)23/h2-3,5-6,13,17-18,23H,4,7-12H2,1H3/t17-,18-/m0/s1. The van der Waals surface area contributed by atoms with Gasteiger partial charge in [-0.15, -0.1) is 0 Å². The topological polar surface area (TPSA) is 48.7 Å². The Morgan fingerprint density at radius 3 is 2.58 bits per heavy atom. The van der Waals surface area contributed by atoms with Gasteiger partial charge in [0.05, 0.1) is 11.7 Å². The molecule has 1 saturated heterocycles. The van der Waals surface area contributed by atoms with Crippen LogP contribution in [0.15, 0.2) is 30.5 Å². The van der Waals surface area contributed by atoms with Gasteiger partial charge in [0.1, 0.15) is 0 Å². The molecule has 0 bridgehead atoms. The molecule has 1 N–H and O–H groups in total. The van der Waals surface area contributed by atoms with Crippen LogP contribution in [0.4, 0.5) is 0 Å². The van der Waals surface area contributed by atoms with Crippen molar-refractivity contribution in [3.63, 3.8) is 0 Å². The summed E-state index contributed by atoms with van der Waals surface area (Å²) in [5.74, 6) is 0.124. The first-order valence-corrected chi connectivity index (χ1v) is 8.90. The quantitative estimate of drug-likeness (QED) is 0.916. The number of piperazine rings is 1. The van der Waals surface area contributed by atoms with E-state index in [0.29, 0.717) is 6.04 Å². The maximum absolute atomic E-state index is 13.0. The maximum atomic E-state index is 13.0. The van der Waals surface area contributed by atoms with Gasteiger partial charge in [-0.25, -0.2) is 0 Å². The minimum Gasteiger partial charge on any atom is -0.391 e. The number of benzene rings is 1. The smallest absolute Gasteiger partial charge is 0.256 e. The third-order valence-corrected chi connectivity index (χ3v) is 5.64. The Hall–Kier alpha value is -1.85. The summed E-state index contributed by atoms with van der Waals surface area (Å²) in [6.07, 6.45) is 4.87. The minimum atomic E-state index is -0.190. The summed E-state index contributed by atoms with van der Waals surface area (Å²) < 4.78 is 2.02. The molecule has 1 saturated carbocycles. The molecule has 128 valence electrons. The average molecular weight is 327 g/mol. The first-order chi connectivity index (χ1) is 11.6. The van der Waals surface area contributed by atoms with E-state index in [-0.39, 0.29) is 12.0 Å². The van der Waals surface area contributed by atoms with Crippen LogP contribution in [0.3, 0.4) is 0 Å². The van der Waals surface area contributed by atoms with E-state index in [1.165, 1.54) is 0 Å². The van der Waals surface area contributed by atoms with Crippen molar-refractivity contribution in [3.8, 4) is 0 Å². The number of aryl methyl sites for hydroxylation is 1. The van der Waals surface area contributed by atoms with Crippen LogP contribution in [0.1, 0.15) is 29.6 Å².